The molecule has 1 aliphatic heterocycles. The van der Waals surface area contributed by atoms with Gasteiger partial charge in [0.15, 0.2) is 0 Å². The van der Waals surface area contributed by atoms with Crippen LogP contribution in [0.4, 0.5) is 0 Å². The first-order valence-corrected chi connectivity index (χ1v) is 11.5. The molecule has 14 heteroatoms. The van der Waals surface area contributed by atoms with E-state index in [1.165, 1.54) is 12.1 Å². The number of rotatable bonds is 13. The molecule has 1 aromatic rings. The first kappa shape index (κ1) is 29.0. The average molecular weight is 523 g/mol. The summed E-state index contributed by atoms with van der Waals surface area (Å²) in [5.41, 5.74) is 6.53. The molecule has 0 bridgehead atoms. The van der Waals surface area contributed by atoms with Gasteiger partial charge in [0, 0.05) is 13.0 Å². The van der Waals surface area contributed by atoms with E-state index in [0.29, 0.717) is 12.0 Å². The summed E-state index contributed by atoms with van der Waals surface area (Å²) >= 11 is 0. The zero-order valence-corrected chi connectivity index (χ0v) is 19.8. The van der Waals surface area contributed by atoms with Crippen LogP contribution in [0.25, 0.3) is 0 Å². The number of nitrogens with zero attached hydrogens (tertiary/aromatic N) is 1. The summed E-state index contributed by atoms with van der Waals surface area (Å²) in [4.78, 5) is 73.4. The molecule has 37 heavy (non-hydrogen) atoms. The van der Waals surface area contributed by atoms with Crippen molar-refractivity contribution in [3.05, 3.63) is 29.8 Å². The quantitative estimate of drug-likeness (QED) is 0.160. The fourth-order valence-corrected chi connectivity index (χ4v) is 3.93. The van der Waals surface area contributed by atoms with Crippen LogP contribution >= 0.6 is 0 Å². The standard InChI is InChI=1S/C23H30N4O10/c24-14(10-12-3-5-13(28)6-4-12)20(33)25-15(7-8-18(29)30)21(34)26-16(11-19(31)32)22(35)27-9-1-2-17(27)23(36)37/h3-6,14-17,28H,1-2,7-11,24H2,(H,25,33)(H,26,34)(H,29,30)(H,31,32)(H,36,37). The number of carboxylic acids is 3. The molecule has 1 aromatic carbocycles. The number of carboxylic acid groups (broad SMARTS) is 3. The zero-order chi connectivity index (χ0) is 27.7. The number of carbonyl (C=O) groups excluding carboxylic acids is 3. The van der Waals surface area contributed by atoms with E-state index in [1.54, 1.807) is 12.1 Å². The Bertz CT molecular complexity index is 1030. The predicted octanol–water partition coefficient (Wildman–Crippen LogP) is -1.35. The number of nitrogens with two attached hydrogens (primary N) is 1. The lowest BCUT2D eigenvalue weighted by molar-refractivity contribution is -0.150. The van der Waals surface area contributed by atoms with E-state index in [2.05, 4.69) is 10.6 Å². The van der Waals surface area contributed by atoms with E-state index in [1.807, 2.05) is 0 Å². The summed E-state index contributed by atoms with van der Waals surface area (Å²) in [5.74, 6) is -6.68. The molecule has 0 saturated carbocycles. The first-order valence-electron chi connectivity index (χ1n) is 11.5. The molecule has 0 aliphatic carbocycles. The van der Waals surface area contributed by atoms with E-state index in [9.17, 15) is 44.1 Å². The van der Waals surface area contributed by atoms with Crippen molar-refractivity contribution >= 4 is 35.6 Å². The maximum atomic E-state index is 13.0. The van der Waals surface area contributed by atoms with E-state index in [4.69, 9.17) is 10.8 Å². The summed E-state index contributed by atoms with van der Waals surface area (Å²) < 4.78 is 0. The highest BCUT2D eigenvalue weighted by molar-refractivity contribution is 5.96. The Morgan fingerprint density at radius 2 is 1.57 bits per heavy atom. The lowest BCUT2D eigenvalue weighted by Gasteiger charge is -2.28. The number of hydrogen-bond donors (Lipinski definition) is 7. The highest BCUT2D eigenvalue weighted by Gasteiger charge is 2.39. The second-order valence-electron chi connectivity index (χ2n) is 8.66. The van der Waals surface area contributed by atoms with Gasteiger partial charge in [-0.1, -0.05) is 12.1 Å². The summed E-state index contributed by atoms with van der Waals surface area (Å²) in [5, 5.41) is 41.5. The van der Waals surface area contributed by atoms with Crippen LogP contribution in [0, 0.1) is 0 Å². The SMILES string of the molecule is NC(Cc1ccc(O)cc1)C(=O)NC(CCC(=O)O)C(=O)NC(CC(=O)O)C(=O)N1CCCC1C(=O)O. The Morgan fingerprint density at radius 1 is 0.946 bits per heavy atom. The number of phenolic OH excluding ortho intramolecular Hbond substituents is 1. The Balaban J connectivity index is 2.15. The van der Waals surface area contributed by atoms with E-state index in [0.717, 1.165) is 4.90 Å². The van der Waals surface area contributed by atoms with Crippen molar-refractivity contribution in [1.29, 1.82) is 0 Å². The molecule has 1 aliphatic rings. The predicted molar refractivity (Wildman–Crippen MR) is 125 cm³/mol. The average Bonchev–Trinajstić information content (AvgIpc) is 3.32. The molecule has 0 aromatic heterocycles. The maximum Gasteiger partial charge on any atom is 0.326 e. The van der Waals surface area contributed by atoms with Gasteiger partial charge in [-0.2, -0.15) is 0 Å². The van der Waals surface area contributed by atoms with Gasteiger partial charge in [-0.15, -0.1) is 0 Å². The number of aromatic hydroxyl groups is 1. The first-order chi connectivity index (χ1) is 17.4. The van der Waals surface area contributed by atoms with Gasteiger partial charge in [-0.25, -0.2) is 4.79 Å². The minimum absolute atomic E-state index is 0.0150. The normalized spacial score (nSPS) is 17.3. The number of benzene rings is 1. The van der Waals surface area contributed by atoms with Crippen LogP contribution in [0.2, 0.25) is 0 Å². The van der Waals surface area contributed by atoms with Crippen molar-refractivity contribution in [3.63, 3.8) is 0 Å². The number of hydrogen-bond acceptors (Lipinski definition) is 8. The number of carbonyl (C=O) groups is 6. The molecule has 0 radical (unpaired) electrons. The molecule has 1 saturated heterocycles. The van der Waals surface area contributed by atoms with Crippen LogP contribution in [-0.4, -0.2) is 91.7 Å². The van der Waals surface area contributed by atoms with Gasteiger partial charge < -0.3 is 41.7 Å². The second kappa shape index (κ2) is 13.2. The Morgan fingerprint density at radius 3 is 2.14 bits per heavy atom. The molecule has 14 nitrogen and oxygen atoms in total. The summed E-state index contributed by atoms with van der Waals surface area (Å²) in [7, 11) is 0. The minimum atomic E-state index is -1.64. The highest BCUT2D eigenvalue weighted by atomic mass is 16.4. The molecule has 4 atom stereocenters. The van der Waals surface area contributed by atoms with Gasteiger partial charge in [0.25, 0.3) is 0 Å². The highest BCUT2D eigenvalue weighted by Crippen LogP contribution is 2.19. The largest absolute Gasteiger partial charge is 0.508 e. The van der Waals surface area contributed by atoms with Crippen LogP contribution in [0.5, 0.6) is 5.75 Å². The van der Waals surface area contributed by atoms with Crippen LogP contribution < -0.4 is 16.4 Å². The summed E-state index contributed by atoms with van der Waals surface area (Å²) in [6.07, 6.45) is -1.18. The number of amides is 3. The van der Waals surface area contributed by atoms with Gasteiger partial charge in [-0.05, 0) is 43.4 Å². The molecular formula is C23H30N4O10. The van der Waals surface area contributed by atoms with Crippen molar-refractivity contribution in [1.82, 2.24) is 15.5 Å². The fourth-order valence-electron chi connectivity index (χ4n) is 3.93. The van der Waals surface area contributed by atoms with Crippen molar-refractivity contribution in [3.8, 4) is 5.75 Å². The molecule has 1 fully saturated rings. The third-order valence-electron chi connectivity index (χ3n) is 5.82. The maximum absolute atomic E-state index is 13.0. The molecule has 0 spiro atoms. The monoisotopic (exact) mass is 522 g/mol. The van der Waals surface area contributed by atoms with E-state index >= 15 is 0 Å². The second-order valence-corrected chi connectivity index (χ2v) is 8.66. The fraction of sp³-hybridized carbons (Fsp3) is 0.478. The van der Waals surface area contributed by atoms with Crippen LogP contribution in [-0.2, 0) is 35.2 Å². The van der Waals surface area contributed by atoms with Crippen molar-refractivity contribution in [2.45, 2.75) is 62.7 Å². The van der Waals surface area contributed by atoms with E-state index < -0.39 is 72.6 Å². The van der Waals surface area contributed by atoms with Gasteiger partial charge in [-0.3, -0.25) is 24.0 Å². The van der Waals surface area contributed by atoms with Gasteiger partial charge in [0.1, 0.15) is 23.9 Å². The number of likely N-dealkylation sites (tertiary alicyclic amines) is 1. The van der Waals surface area contributed by atoms with Crippen molar-refractivity contribution < 1.29 is 49.2 Å². The number of phenols is 1. The third-order valence-corrected chi connectivity index (χ3v) is 5.82. The molecule has 2 rings (SSSR count). The lowest BCUT2D eigenvalue weighted by Crippen LogP contribution is -2.57. The molecular weight excluding hydrogens is 492 g/mol. The topological polar surface area (TPSA) is 237 Å². The minimum Gasteiger partial charge on any atom is -0.508 e. The van der Waals surface area contributed by atoms with Crippen LogP contribution in [0.1, 0.15) is 37.7 Å². The Labute approximate surface area is 211 Å². The Kier molecular flexibility index (Phi) is 10.4. The molecule has 4 unspecified atom stereocenters. The lowest BCUT2D eigenvalue weighted by atomic mass is 10.0. The van der Waals surface area contributed by atoms with E-state index in [-0.39, 0.29) is 31.6 Å². The van der Waals surface area contributed by atoms with Gasteiger partial charge >= 0.3 is 17.9 Å². The Hall–Kier alpha value is -4.20. The van der Waals surface area contributed by atoms with Crippen molar-refractivity contribution in [2.75, 3.05) is 6.54 Å². The van der Waals surface area contributed by atoms with Crippen molar-refractivity contribution in [2.24, 2.45) is 5.73 Å². The van der Waals surface area contributed by atoms with Crippen LogP contribution in [0.3, 0.4) is 0 Å². The number of aliphatic carboxylic acids is 3. The summed E-state index contributed by atoms with van der Waals surface area (Å²) in [6.45, 7) is 0.0626. The smallest absolute Gasteiger partial charge is 0.326 e. The van der Waals surface area contributed by atoms with Gasteiger partial charge in [0.2, 0.25) is 17.7 Å². The molecule has 3 amide bonds. The van der Waals surface area contributed by atoms with Gasteiger partial charge in [0.05, 0.1) is 12.5 Å². The molecule has 1 heterocycles. The molecule has 202 valence electrons. The molecule has 8 N–H and O–H groups in total. The zero-order valence-electron chi connectivity index (χ0n) is 19.8. The van der Waals surface area contributed by atoms with Crippen LogP contribution in [0.15, 0.2) is 24.3 Å². The summed E-state index contributed by atoms with van der Waals surface area (Å²) in [6, 6.07) is 0.468. The number of nitrogens with one attached hydrogen (secondary N) is 2. The third kappa shape index (κ3) is 8.75.